The zero-order valence-corrected chi connectivity index (χ0v) is 12.5. The molecule has 1 atom stereocenters. The van der Waals surface area contributed by atoms with Crippen molar-refractivity contribution in [2.24, 2.45) is 5.73 Å². The molecule has 2 fully saturated rings. The third kappa shape index (κ3) is 3.11. The smallest absolute Gasteiger partial charge is 0.240 e. The molecule has 0 aromatic heterocycles. The fourth-order valence-electron chi connectivity index (χ4n) is 3.79. The number of amides is 1. The second-order valence-electron chi connectivity index (χ2n) is 6.41. The van der Waals surface area contributed by atoms with Gasteiger partial charge in [0.25, 0.3) is 0 Å². The molecule has 0 aromatic rings. The van der Waals surface area contributed by atoms with Crippen molar-refractivity contribution < 1.29 is 4.79 Å². The third-order valence-corrected chi connectivity index (χ3v) is 4.81. The molecular weight excluding hydrogens is 238 g/mol. The van der Waals surface area contributed by atoms with E-state index in [1.54, 1.807) is 0 Å². The lowest BCUT2D eigenvalue weighted by Crippen LogP contribution is -2.66. The highest BCUT2D eigenvalue weighted by atomic mass is 16.2. The number of carbonyl (C=O) groups is 1. The van der Waals surface area contributed by atoms with Crippen LogP contribution in [-0.4, -0.2) is 54.0 Å². The lowest BCUT2D eigenvalue weighted by atomic mass is 9.78. The van der Waals surface area contributed by atoms with Crippen molar-refractivity contribution in [3.63, 3.8) is 0 Å². The molecule has 1 unspecified atom stereocenters. The summed E-state index contributed by atoms with van der Waals surface area (Å²) in [5.74, 6) is 0.192. The zero-order chi connectivity index (χ0) is 13.9. The maximum atomic E-state index is 12.7. The molecule has 1 aliphatic heterocycles. The van der Waals surface area contributed by atoms with Gasteiger partial charge in [-0.05, 0) is 26.3 Å². The van der Waals surface area contributed by atoms with E-state index in [9.17, 15) is 4.79 Å². The van der Waals surface area contributed by atoms with Gasteiger partial charge < -0.3 is 15.5 Å². The lowest BCUT2D eigenvalue weighted by Gasteiger charge is -2.52. The van der Waals surface area contributed by atoms with Crippen LogP contribution >= 0.6 is 0 Å². The van der Waals surface area contributed by atoms with Gasteiger partial charge in [0, 0.05) is 19.6 Å². The van der Waals surface area contributed by atoms with Crippen molar-refractivity contribution in [2.45, 2.75) is 63.5 Å². The summed E-state index contributed by atoms with van der Waals surface area (Å²) in [7, 11) is 2.17. The molecule has 4 heteroatoms. The maximum absolute atomic E-state index is 12.7. The van der Waals surface area contributed by atoms with Crippen LogP contribution < -0.4 is 5.73 Å². The Labute approximate surface area is 117 Å². The van der Waals surface area contributed by atoms with Crippen molar-refractivity contribution in [1.29, 1.82) is 0 Å². The number of carbonyl (C=O) groups excluding carboxylic acids is 1. The minimum absolute atomic E-state index is 0.0771. The van der Waals surface area contributed by atoms with E-state index in [2.05, 4.69) is 23.8 Å². The molecule has 1 amide bonds. The zero-order valence-electron chi connectivity index (χ0n) is 12.5. The molecule has 2 N–H and O–H groups in total. The molecule has 110 valence electrons. The monoisotopic (exact) mass is 267 g/mol. The molecule has 1 saturated carbocycles. The van der Waals surface area contributed by atoms with Crippen LogP contribution in [0.3, 0.4) is 0 Å². The van der Waals surface area contributed by atoms with Gasteiger partial charge in [0.15, 0.2) is 0 Å². The molecule has 1 aliphatic carbocycles. The molecule has 2 rings (SSSR count). The molecule has 19 heavy (non-hydrogen) atoms. The highest BCUT2D eigenvalue weighted by molar-refractivity contribution is 5.82. The van der Waals surface area contributed by atoms with Gasteiger partial charge in [-0.15, -0.1) is 0 Å². The van der Waals surface area contributed by atoms with Crippen LogP contribution in [-0.2, 0) is 4.79 Å². The Morgan fingerprint density at radius 3 is 2.58 bits per heavy atom. The summed E-state index contributed by atoms with van der Waals surface area (Å²) >= 11 is 0. The van der Waals surface area contributed by atoms with Gasteiger partial charge in [0.2, 0.25) is 5.91 Å². The van der Waals surface area contributed by atoms with Crippen LogP contribution in [0.1, 0.15) is 51.9 Å². The summed E-state index contributed by atoms with van der Waals surface area (Å²) in [5, 5.41) is 0. The normalized spacial score (nSPS) is 25.5. The largest absolute Gasteiger partial charge is 0.333 e. The second kappa shape index (κ2) is 6.23. The Kier molecular flexibility index (Phi) is 4.85. The molecule has 1 spiro atoms. The number of hydrogen-bond acceptors (Lipinski definition) is 3. The molecule has 2 aliphatic rings. The van der Waals surface area contributed by atoms with Gasteiger partial charge in [-0.25, -0.2) is 0 Å². The van der Waals surface area contributed by atoms with Crippen LogP contribution in [0.4, 0.5) is 0 Å². The van der Waals surface area contributed by atoms with E-state index in [-0.39, 0.29) is 17.5 Å². The summed E-state index contributed by atoms with van der Waals surface area (Å²) in [5.41, 5.74) is 6.16. The molecular formula is C15H29N3O. The first-order chi connectivity index (χ1) is 9.09. The maximum Gasteiger partial charge on any atom is 0.240 e. The first-order valence-electron chi connectivity index (χ1n) is 7.85. The van der Waals surface area contributed by atoms with Crippen LogP contribution in [0.2, 0.25) is 0 Å². The van der Waals surface area contributed by atoms with Crippen molar-refractivity contribution in [3.05, 3.63) is 0 Å². The van der Waals surface area contributed by atoms with E-state index in [1.165, 1.54) is 19.3 Å². The van der Waals surface area contributed by atoms with E-state index in [1.807, 2.05) is 0 Å². The summed E-state index contributed by atoms with van der Waals surface area (Å²) in [6.07, 6.45) is 7.91. The van der Waals surface area contributed by atoms with E-state index >= 15 is 0 Å². The average molecular weight is 267 g/mol. The standard InChI is InChI=1S/C15H29N3O/c1-3-7-13(16)14(19)18-11-10-17(2)12-15(18)8-5-4-6-9-15/h13H,3-12,16H2,1-2H3. The topological polar surface area (TPSA) is 49.6 Å². The number of hydrogen-bond donors (Lipinski definition) is 1. The molecule has 1 heterocycles. The number of rotatable bonds is 3. The highest BCUT2D eigenvalue weighted by Crippen LogP contribution is 2.36. The predicted molar refractivity (Wildman–Crippen MR) is 77.9 cm³/mol. The van der Waals surface area contributed by atoms with Gasteiger partial charge in [-0.1, -0.05) is 32.6 Å². The van der Waals surface area contributed by atoms with Crippen molar-refractivity contribution in [2.75, 3.05) is 26.7 Å². The van der Waals surface area contributed by atoms with Gasteiger partial charge in [0.05, 0.1) is 11.6 Å². The summed E-state index contributed by atoms with van der Waals surface area (Å²) in [6.45, 7) is 4.95. The van der Waals surface area contributed by atoms with Gasteiger partial charge in [-0.3, -0.25) is 4.79 Å². The van der Waals surface area contributed by atoms with Crippen LogP contribution in [0.5, 0.6) is 0 Å². The molecule has 4 nitrogen and oxygen atoms in total. The summed E-state index contributed by atoms with van der Waals surface area (Å²) in [6, 6.07) is -0.299. The Hall–Kier alpha value is -0.610. The van der Waals surface area contributed by atoms with Gasteiger partial charge in [0.1, 0.15) is 0 Å². The number of nitrogens with two attached hydrogens (primary N) is 1. The predicted octanol–water partition coefficient (Wildman–Crippen LogP) is 1.59. The van der Waals surface area contributed by atoms with Crippen molar-refractivity contribution in [3.8, 4) is 0 Å². The first-order valence-corrected chi connectivity index (χ1v) is 7.85. The quantitative estimate of drug-likeness (QED) is 0.845. The number of likely N-dealkylation sites (N-methyl/N-ethyl adjacent to an activating group) is 1. The Balaban J connectivity index is 2.13. The molecule has 0 radical (unpaired) electrons. The first kappa shape index (κ1) is 14.8. The number of piperazine rings is 1. The average Bonchev–Trinajstić information content (AvgIpc) is 2.39. The van der Waals surface area contributed by atoms with E-state index in [0.717, 1.165) is 45.3 Å². The van der Waals surface area contributed by atoms with Crippen LogP contribution in [0.25, 0.3) is 0 Å². The van der Waals surface area contributed by atoms with E-state index < -0.39 is 0 Å². The second-order valence-corrected chi connectivity index (χ2v) is 6.41. The molecule has 1 saturated heterocycles. The fraction of sp³-hybridized carbons (Fsp3) is 0.933. The molecule has 0 aromatic carbocycles. The number of nitrogens with zero attached hydrogens (tertiary/aromatic N) is 2. The minimum atomic E-state index is -0.299. The third-order valence-electron chi connectivity index (χ3n) is 4.81. The van der Waals surface area contributed by atoms with Crippen LogP contribution in [0.15, 0.2) is 0 Å². The van der Waals surface area contributed by atoms with Crippen molar-refractivity contribution in [1.82, 2.24) is 9.80 Å². The lowest BCUT2D eigenvalue weighted by molar-refractivity contribution is -0.145. The fourth-order valence-corrected chi connectivity index (χ4v) is 3.79. The highest BCUT2D eigenvalue weighted by Gasteiger charge is 2.44. The minimum Gasteiger partial charge on any atom is -0.333 e. The SMILES string of the molecule is CCCC(N)C(=O)N1CCN(C)CC12CCCCC2. The Bertz CT molecular complexity index is 313. The van der Waals surface area contributed by atoms with Crippen molar-refractivity contribution >= 4 is 5.91 Å². The summed E-state index contributed by atoms with van der Waals surface area (Å²) in [4.78, 5) is 17.2. The van der Waals surface area contributed by atoms with Gasteiger partial charge >= 0.3 is 0 Å². The summed E-state index contributed by atoms with van der Waals surface area (Å²) < 4.78 is 0. The van der Waals surface area contributed by atoms with E-state index in [4.69, 9.17) is 5.73 Å². The van der Waals surface area contributed by atoms with Gasteiger partial charge in [-0.2, -0.15) is 0 Å². The van der Waals surface area contributed by atoms with E-state index in [0.29, 0.717) is 0 Å². The Morgan fingerprint density at radius 2 is 1.95 bits per heavy atom. The van der Waals surface area contributed by atoms with Crippen LogP contribution in [0, 0.1) is 0 Å². The molecule has 0 bridgehead atoms. The Morgan fingerprint density at radius 1 is 1.26 bits per heavy atom.